The molecule has 4 rings (SSSR count). The molecule has 0 aliphatic heterocycles. The van der Waals surface area contributed by atoms with Gasteiger partial charge in [-0.2, -0.15) is 0 Å². The Kier molecular flexibility index (Phi) is 3.55. The van der Waals surface area contributed by atoms with Gasteiger partial charge in [-0.15, -0.1) is 0 Å². The van der Waals surface area contributed by atoms with Crippen LogP contribution in [0.2, 0.25) is 0 Å². The van der Waals surface area contributed by atoms with E-state index in [1.807, 2.05) is 0 Å². The first-order valence-electron chi connectivity index (χ1n) is 9.02. The fourth-order valence-electron chi connectivity index (χ4n) is 5.82. The molecule has 0 radical (unpaired) electrons. The SMILES string of the molecule is CCN(C(=O)CCC=O)C1C2CCC3CC32C1c1ccccc1. The lowest BCUT2D eigenvalue weighted by Gasteiger charge is -2.56. The summed E-state index contributed by atoms with van der Waals surface area (Å²) in [7, 11) is 0. The molecule has 1 amide bonds. The summed E-state index contributed by atoms with van der Waals surface area (Å²) in [6.07, 6.45) is 5.53. The summed E-state index contributed by atoms with van der Waals surface area (Å²) in [5, 5.41) is 0. The lowest BCUT2D eigenvalue weighted by molar-refractivity contribution is -0.143. The number of benzene rings is 1. The van der Waals surface area contributed by atoms with Crippen LogP contribution in [0, 0.1) is 17.3 Å². The Morgan fingerprint density at radius 1 is 1.30 bits per heavy atom. The molecule has 0 N–H and O–H groups in total. The van der Waals surface area contributed by atoms with Gasteiger partial charge in [0.2, 0.25) is 5.91 Å². The molecule has 5 unspecified atom stereocenters. The van der Waals surface area contributed by atoms with Gasteiger partial charge in [0.1, 0.15) is 6.29 Å². The molecule has 3 aliphatic carbocycles. The van der Waals surface area contributed by atoms with E-state index in [4.69, 9.17) is 0 Å². The summed E-state index contributed by atoms with van der Waals surface area (Å²) in [5.41, 5.74) is 1.89. The van der Waals surface area contributed by atoms with Gasteiger partial charge in [0.15, 0.2) is 0 Å². The minimum atomic E-state index is 0.157. The molecular weight excluding hydrogens is 286 g/mol. The minimum absolute atomic E-state index is 0.157. The highest BCUT2D eigenvalue weighted by atomic mass is 16.2. The van der Waals surface area contributed by atoms with Crippen molar-refractivity contribution < 1.29 is 9.59 Å². The van der Waals surface area contributed by atoms with E-state index in [2.05, 4.69) is 42.2 Å². The first-order chi connectivity index (χ1) is 11.2. The second-order valence-corrected chi connectivity index (χ2v) is 7.46. The zero-order chi connectivity index (χ0) is 16.0. The second kappa shape index (κ2) is 5.47. The van der Waals surface area contributed by atoms with Gasteiger partial charge in [-0.25, -0.2) is 0 Å². The van der Waals surface area contributed by atoms with E-state index in [1.54, 1.807) is 0 Å². The van der Waals surface area contributed by atoms with E-state index in [-0.39, 0.29) is 5.91 Å². The van der Waals surface area contributed by atoms with Crippen LogP contribution in [-0.2, 0) is 9.59 Å². The third-order valence-corrected chi connectivity index (χ3v) is 6.70. The van der Waals surface area contributed by atoms with E-state index in [0.29, 0.717) is 36.1 Å². The fourth-order valence-corrected chi connectivity index (χ4v) is 5.82. The Balaban J connectivity index is 1.63. The van der Waals surface area contributed by atoms with E-state index in [1.165, 1.54) is 24.8 Å². The predicted octanol–water partition coefficient (Wildman–Crippen LogP) is 3.40. The van der Waals surface area contributed by atoms with Crippen molar-refractivity contribution in [2.24, 2.45) is 17.3 Å². The number of aldehydes is 1. The molecule has 3 fully saturated rings. The summed E-state index contributed by atoms with van der Waals surface area (Å²) >= 11 is 0. The largest absolute Gasteiger partial charge is 0.339 e. The molecule has 1 aromatic carbocycles. The summed E-state index contributed by atoms with van der Waals surface area (Å²) < 4.78 is 0. The molecule has 23 heavy (non-hydrogen) atoms. The van der Waals surface area contributed by atoms with Crippen molar-refractivity contribution >= 4 is 12.2 Å². The van der Waals surface area contributed by atoms with Gasteiger partial charge in [0.25, 0.3) is 0 Å². The highest BCUT2D eigenvalue weighted by molar-refractivity contribution is 5.79. The molecule has 3 saturated carbocycles. The van der Waals surface area contributed by atoms with Crippen molar-refractivity contribution in [1.82, 2.24) is 4.90 Å². The van der Waals surface area contributed by atoms with Crippen molar-refractivity contribution in [3.63, 3.8) is 0 Å². The van der Waals surface area contributed by atoms with Crippen molar-refractivity contribution in [3.05, 3.63) is 35.9 Å². The zero-order valence-corrected chi connectivity index (χ0v) is 13.8. The Morgan fingerprint density at radius 3 is 2.74 bits per heavy atom. The van der Waals surface area contributed by atoms with Crippen LogP contribution < -0.4 is 0 Å². The molecule has 0 heterocycles. The smallest absolute Gasteiger partial charge is 0.223 e. The molecule has 3 aliphatic rings. The van der Waals surface area contributed by atoms with Gasteiger partial charge >= 0.3 is 0 Å². The Labute approximate surface area is 138 Å². The lowest BCUT2D eigenvalue weighted by Crippen LogP contribution is -2.60. The number of hydrogen-bond acceptors (Lipinski definition) is 2. The van der Waals surface area contributed by atoms with Gasteiger partial charge in [0.05, 0.1) is 0 Å². The van der Waals surface area contributed by atoms with Gasteiger partial charge in [-0.1, -0.05) is 30.3 Å². The van der Waals surface area contributed by atoms with Crippen LogP contribution in [0.25, 0.3) is 0 Å². The van der Waals surface area contributed by atoms with Crippen LogP contribution in [0.5, 0.6) is 0 Å². The van der Waals surface area contributed by atoms with E-state index in [0.717, 1.165) is 18.7 Å². The molecule has 0 bridgehead atoms. The Morgan fingerprint density at radius 2 is 2.09 bits per heavy atom. The second-order valence-electron chi connectivity index (χ2n) is 7.46. The van der Waals surface area contributed by atoms with Crippen LogP contribution >= 0.6 is 0 Å². The first-order valence-corrected chi connectivity index (χ1v) is 9.02. The van der Waals surface area contributed by atoms with Crippen molar-refractivity contribution in [2.45, 2.75) is 51.0 Å². The lowest BCUT2D eigenvalue weighted by atomic mass is 9.55. The Bertz CT molecular complexity index is 613. The molecule has 0 aromatic heterocycles. The van der Waals surface area contributed by atoms with Crippen molar-refractivity contribution in [3.8, 4) is 0 Å². The third-order valence-electron chi connectivity index (χ3n) is 6.70. The van der Waals surface area contributed by atoms with Gasteiger partial charge in [0, 0.05) is 31.3 Å². The summed E-state index contributed by atoms with van der Waals surface area (Å²) in [4.78, 5) is 25.3. The highest BCUT2D eigenvalue weighted by Crippen LogP contribution is 2.81. The number of nitrogens with zero attached hydrogens (tertiary/aromatic N) is 1. The molecule has 1 aromatic rings. The minimum Gasteiger partial charge on any atom is -0.339 e. The number of hydrogen-bond donors (Lipinski definition) is 0. The van der Waals surface area contributed by atoms with Crippen molar-refractivity contribution in [1.29, 1.82) is 0 Å². The van der Waals surface area contributed by atoms with E-state index >= 15 is 0 Å². The summed E-state index contributed by atoms with van der Waals surface area (Å²) in [6, 6.07) is 11.1. The van der Waals surface area contributed by atoms with Crippen LogP contribution in [0.15, 0.2) is 30.3 Å². The average Bonchev–Trinajstić information content (AvgIpc) is 3.24. The van der Waals surface area contributed by atoms with E-state index in [9.17, 15) is 9.59 Å². The quantitative estimate of drug-likeness (QED) is 0.755. The monoisotopic (exact) mass is 311 g/mol. The number of carbonyl (C=O) groups excluding carboxylic acids is 2. The molecule has 3 nitrogen and oxygen atoms in total. The standard InChI is InChI=1S/C20H25NO2/c1-2-21(17(23)9-6-12-22)19-16-11-10-15-13-20(15,16)18(19)14-7-4-3-5-8-14/h3-5,7-8,12,15-16,18-19H,2,6,9-11,13H2,1H3. The van der Waals surface area contributed by atoms with Gasteiger partial charge in [-0.05, 0) is 49.0 Å². The number of carbonyl (C=O) groups is 2. The van der Waals surface area contributed by atoms with Crippen LogP contribution in [0.1, 0.15) is 50.5 Å². The molecule has 0 saturated heterocycles. The maximum Gasteiger partial charge on any atom is 0.223 e. The van der Waals surface area contributed by atoms with Crippen LogP contribution in [-0.4, -0.2) is 29.7 Å². The Hall–Kier alpha value is -1.64. The van der Waals surface area contributed by atoms with Gasteiger partial charge < -0.3 is 9.69 Å². The topological polar surface area (TPSA) is 37.4 Å². The number of amides is 1. The predicted molar refractivity (Wildman–Crippen MR) is 88.9 cm³/mol. The number of rotatable bonds is 6. The summed E-state index contributed by atoms with van der Waals surface area (Å²) in [5.74, 6) is 2.22. The number of likely N-dealkylation sites (N-methyl/N-ethyl adjacent to an activating group) is 1. The van der Waals surface area contributed by atoms with Crippen LogP contribution in [0.3, 0.4) is 0 Å². The third kappa shape index (κ3) is 2.02. The molecule has 3 heteroatoms. The highest BCUT2D eigenvalue weighted by Gasteiger charge is 2.77. The maximum atomic E-state index is 12.6. The normalized spacial score (nSPS) is 36.6. The van der Waals surface area contributed by atoms with Gasteiger partial charge in [-0.3, -0.25) is 4.79 Å². The van der Waals surface area contributed by atoms with E-state index < -0.39 is 0 Å². The first kappa shape index (κ1) is 14.9. The molecule has 122 valence electrons. The zero-order valence-electron chi connectivity index (χ0n) is 13.8. The fraction of sp³-hybridized carbons (Fsp3) is 0.600. The summed E-state index contributed by atoms with van der Waals surface area (Å²) in [6.45, 7) is 2.83. The molecular formula is C20H25NO2. The van der Waals surface area contributed by atoms with Crippen LogP contribution in [0.4, 0.5) is 0 Å². The average molecular weight is 311 g/mol. The van der Waals surface area contributed by atoms with Crippen molar-refractivity contribution in [2.75, 3.05) is 6.54 Å². The molecule has 5 atom stereocenters. The molecule has 1 spiro atoms. The maximum absolute atomic E-state index is 12.6.